The maximum Gasteiger partial charge on any atom is 0.260 e. The minimum absolute atomic E-state index is 0.0159. The van der Waals surface area contributed by atoms with E-state index in [1.165, 1.54) is 6.08 Å². The third-order valence-corrected chi connectivity index (χ3v) is 6.17. The Morgan fingerprint density at radius 3 is 2.57 bits per heavy atom. The number of ether oxygens (including phenoxy) is 2. The van der Waals surface area contributed by atoms with Crippen LogP contribution in [0.4, 0.5) is 14.6 Å². The number of methoxy groups -OCH3 is 1. The largest absolute Gasteiger partial charge is 0.470 e. The Kier molecular flexibility index (Phi) is 7.69. The molecular weight excluding hydrogens is 460 g/mol. The van der Waals surface area contributed by atoms with Gasteiger partial charge in [0.2, 0.25) is 11.8 Å². The molecule has 1 aliphatic carbocycles. The number of allylic oxidation sites excluding steroid dienone is 4. The Morgan fingerprint density at radius 2 is 1.94 bits per heavy atom. The molecule has 1 aliphatic heterocycles. The summed E-state index contributed by atoms with van der Waals surface area (Å²) in [6.45, 7) is 5.92. The van der Waals surface area contributed by atoms with Crippen molar-refractivity contribution in [1.29, 1.82) is 0 Å². The fraction of sp³-hybridized carbons (Fsp3) is 0.522. The van der Waals surface area contributed by atoms with Gasteiger partial charge < -0.3 is 19.3 Å². The SMILES string of the molecule is COC(C)CN1CCN(c2ccc(OCc3c(C)nnn3C3=CC=C(C(F)F)CC3)nn2)CC1=O. The second-order valence-electron chi connectivity index (χ2n) is 8.56. The van der Waals surface area contributed by atoms with E-state index in [0.717, 1.165) is 5.70 Å². The Hall–Kier alpha value is -3.41. The summed E-state index contributed by atoms with van der Waals surface area (Å²) < 4.78 is 38.5. The lowest BCUT2D eigenvalue weighted by atomic mass is 10.0. The lowest BCUT2D eigenvalue weighted by Crippen LogP contribution is -2.52. The third-order valence-electron chi connectivity index (χ3n) is 6.17. The third kappa shape index (κ3) is 5.81. The van der Waals surface area contributed by atoms with Crippen LogP contribution in [-0.2, 0) is 16.1 Å². The summed E-state index contributed by atoms with van der Waals surface area (Å²) in [4.78, 5) is 16.1. The summed E-state index contributed by atoms with van der Waals surface area (Å²) in [5, 5.41) is 16.6. The molecule has 2 aromatic rings. The maximum atomic E-state index is 12.9. The lowest BCUT2D eigenvalue weighted by Gasteiger charge is -2.35. The van der Waals surface area contributed by atoms with Crippen molar-refractivity contribution in [3.05, 3.63) is 41.2 Å². The van der Waals surface area contributed by atoms with E-state index in [2.05, 4.69) is 20.5 Å². The smallest absolute Gasteiger partial charge is 0.260 e. The highest BCUT2D eigenvalue weighted by molar-refractivity contribution is 5.82. The molecule has 0 aromatic carbocycles. The number of aromatic nitrogens is 5. The first-order chi connectivity index (χ1) is 16.9. The normalized spacial score (nSPS) is 17.5. The molecule has 2 aromatic heterocycles. The number of aryl methyl sites for hydroxylation is 1. The van der Waals surface area contributed by atoms with Gasteiger partial charge in [0.15, 0.2) is 5.82 Å². The number of amides is 1. The minimum atomic E-state index is -2.45. The summed E-state index contributed by atoms with van der Waals surface area (Å²) in [5.41, 5.74) is 2.28. The van der Waals surface area contributed by atoms with Crippen LogP contribution in [-0.4, -0.2) is 81.8 Å². The van der Waals surface area contributed by atoms with Crippen molar-refractivity contribution in [2.75, 3.05) is 38.2 Å². The number of alkyl halides is 2. The van der Waals surface area contributed by atoms with Crippen LogP contribution in [0, 0.1) is 6.92 Å². The van der Waals surface area contributed by atoms with E-state index in [1.54, 1.807) is 34.9 Å². The highest BCUT2D eigenvalue weighted by Crippen LogP contribution is 2.27. The van der Waals surface area contributed by atoms with Crippen LogP contribution in [0.15, 0.2) is 29.9 Å². The lowest BCUT2D eigenvalue weighted by molar-refractivity contribution is -0.132. The van der Waals surface area contributed by atoms with E-state index >= 15 is 0 Å². The summed E-state index contributed by atoms with van der Waals surface area (Å²) >= 11 is 0. The summed E-state index contributed by atoms with van der Waals surface area (Å²) in [7, 11) is 1.63. The molecule has 0 radical (unpaired) electrons. The van der Waals surface area contributed by atoms with Crippen LogP contribution >= 0.6 is 0 Å². The molecule has 10 nitrogen and oxygen atoms in total. The van der Waals surface area contributed by atoms with Gasteiger partial charge in [-0.25, -0.2) is 13.5 Å². The van der Waals surface area contributed by atoms with Crippen molar-refractivity contribution < 1.29 is 23.0 Å². The van der Waals surface area contributed by atoms with Gasteiger partial charge in [-0.2, -0.15) is 0 Å². The van der Waals surface area contributed by atoms with E-state index in [0.29, 0.717) is 49.1 Å². The standard InChI is InChI=1S/C23H29F2N7O3/c1-15(34-3)12-31-11-10-30(13-22(31)33)20-8-9-21(28-27-20)35-14-19-16(2)26-29-32(19)18-6-4-17(5-7-18)23(24)25/h4,6,8-9,15,23H,5,7,10-14H2,1-3H3. The molecule has 12 heteroatoms. The van der Waals surface area contributed by atoms with E-state index < -0.39 is 6.43 Å². The first-order valence-corrected chi connectivity index (χ1v) is 11.5. The zero-order valence-corrected chi connectivity index (χ0v) is 20.0. The number of hydrogen-bond donors (Lipinski definition) is 0. The Morgan fingerprint density at radius 1 is 1.11 bits per heavy atom. The Labute approximate surface area is 202 Å². The number of halogens is 2. The predicted octanol–water partition coefficient (Wildman–Crippen LogP) is 2.47. The van der Waals surface area contributed by atoms with E-state index in [4.69, 9.17) is 9.47 Å². The second-order valence-corrected chi connectivity index (χ2v) is 8.56. The van der Waals surface area contributed by atoms with Crippen LogP contribution in [0.25, 0.3) is 5.70 Å². The highest BCUT2D eigenvalue weighted by Gasteiger charge is 2.26. The Bertz CT molecular complexity index is 1100. The molecule has 2 aliphatic rings. The van der Waals surface area contributed by atoms with E-state index in [1.807, 2.05) is 18.7 Å². The average Bonchev–Trinajstić information content (AvgIpc) is 3.24. The fourth-order valence-electron chi connectivity index (χ4n) is 3.96. The van der Waals surface area contributed by atoms with Gasteiger partial charge >= 0.3 is 0 Å². The molecule has 0 saturated carbocycles. The van der Waals surface area contributed by atoms with Crippen LogP contribution in [0.3, 0.4) is 0 Å². The molecule has 1 atom stereocenters. The van der Waals surface area contributed by atoms with Crippen molar-refractivity contribution in [2.24, 2.45) is 0 Å². The number of carbonyl (C=O) groups excluding carboxylic acids is 1. The van der Waals surface area contributed by atoms with Crippen molar-refractivity contribution in [2.45, 2.75) is 45.8 Å². The molecule has 35 heavy (non-hydrogen) atoms. The number of rotatable bonds is 9. The fourth-order valence-corrected chi connectivity index (χ4v) is 3.96. The van der Waals surface area contributed by atoms with Gasteiger partial charge in [0.05, 0.1) is 18.3 Å². The van der Waals surface area contributed by atoms with Crippen molar-refractivity contribution in [3.8, 4) is 5.88 Å². The van der Waals surface area contributed by atoms with Crippen molar-refractivity contribution in [1.82, 2.24) is 30.1 Å². The van der Waals surface area contributed by atoms with Gasteiger partial charge in [-0.3, -0.25) is 4.79 Å². The van der Waals surface area contributed by atoms with E-state index in [-0.39, 0.29) is 37.2 Å². The Balaban J connectivity index is 1.36. The molecular formula is C23H29F2N7O3. The van der Waals surface area contributed by atoms with Gasteiger partial charge in [0.1, 0.15) is 12.3 Å². The monoisotopic (exact) mass is 489 g/mol. The first kappa shape index (κ1) is 24.7. The number of hydrogen-bond acceptors (Lipinski definition) is 8. The predicted molar refractivity (Wildman–Crippen MR) is 124 cm³/mol. The zero-order valence-electron chi connectivity index (χ0n) is 20.0. The molecule has 1 unspecified atom stereocenters. The zero-order chi connectivity index (χ0) is 24.9. The van der Waals surface area contributed by atoms with E-state index in [9.17, 15) is 13.6 Å². The van der Waals surface area contributed by atoms with Gasteiger partial charge in [-0.1, -0.05) is 11.3 Å². The summed E-state index contributed by atoms with van der Waals surface area (Å²) in [6.07, 6.45) is 1.34. The number of piperazine rings is 1. The number of carbonyl (C=O) groups is 1. The van der Waals surface area contributed by atoms with Crippen molar-refractivity contribution in [3.63, 3.8) is 0 Å². The molecule has 3 heterocycles. The molecule has 1 fully saturated rings. The topological polar surface area (TPSA) is 98.5 Å². The molecule has 1 saturated heterocycles. The van der Waals surface area contributed by atoms with Gasteiger partial charge in [0, 0.05) is 38.5 Å². The minimum Gasteiger partial charge on any atom is -0.470 e. The molecule has 1 amide bonds. The quantitative estimate of drug-likeness (QED) is 0.530. The number of nitrogens with zero attached hydrogens (tertiary/aromatic N) is 7. The molecule has 0 bridgehead atoms. The van der Waals surface area contributed by atoms with Crippen LogP contribution in [0.5, 0.6) is 5.88 Å². The van der Waals surface area contributed by atoms with Crippen molar-refractivity contribution >= 4 is 17.4 Å². The molecule has 0 N–H and O–H groups in total. The summed E-state index contributed by atoms with van der Waals surface area (Å²) in [5.74, 6) is 0.936. The van der Waals surface area contributed by atoms with Crippen LogP contribution < -0.4 is 9.64 Å². The van der Waals surface area contributed by atoms with Gasteiger partial charge in [-0.05, 0) is 44.4 Å². The highest BCUT2D eigenvalue weighted by atomic mass is 19.3. The molecule has 0 spiro atoms. The van der Waals surface area contributed by atoms with Crippen LogP contribution in [0.2, 0.25) is 0 Å². The molecule has 4 rings (SSSR count). The second kappa shape index (κ2) is 10.9. The van der Waals surface area contributed by atoms with Crippen LogP contribution in [0.1, 0.15) is 31.2 Å². The average molecular weight is 490 g/mol. The molecule has 188 valence electrons. The maximum absolute atomic E-state index is 12.9. The summed E-state index contributed by atoms with van der Waals surface area (Å²) in [6, 6.07) is 3.47. The van der Waals surface area contributed by atoms with Gasteiger partial charge in [0.25, 0.3) is 6.43 Å². The first-order valence-electron chi connectivity index (χ1n) is 11.5. The van der Waals surface area contributed by atoms with Gasteiger partial charge in [-0.15, -0.1) is 15.3 Å². The number of anilines is 1.